The summed E-state index contributed by atoms with van der Waals surface area (Å²) in [6.07, 6.45) is -0.463. The summed E-state index contributed by atoms with van der Waals surface area (Å²) in [5.74, 6) is 0.0895. The third kappa shape index (κ3) is 6.70. The van der Waals surface area contributed by atoms with Gasteiger partial charge in [0.25, 0.3) is 5.69 Å². The lowest BCUT2D eigenvalue weighted by atomic mass is 10.2. The van der Waals surface area contributed by atoms with Crippen LogP contribution in [0.4, 0.5) is 10.5 Å². The van der Waals surface area contributed by atoms with E-state index in [-0.39, 0.29) is 42.2 Å². The van der Waals surface area contributed by atoms with Gasteiger partial charge in [-0.25, -0.2) is 9.59 Å². The molecule has 180 valence electrons. The molecule has 0 aliphatic carbocycles. The summed E-state index contributed by atoms with van der Waals surface area (Å²) in [6.45, 7) is 1.49. The molecule has 1 aliphatic heterocycles. The molecule has 1 saturated heterocycles. The minimum Gasteiger partial charge on any atom is -0.497 e. The molecule has 2 aromatic carbocycles. The Balaban J connectivity index is 1.62. The molecule has 0 spiro atoms. The fourth-order valence-corrected chi connectivity index (χ4v) is 4.44. The molecule has 1 fully saturated rings. The smallest absolute Gasteiger partial charge is 0.410 e. The van der Waals surface area contributed by atoms with E-state index >= 15 is 0 Å². The molecule has 0 saturated carbocycles. The van der Waals surface area contributed by atoms with Gasteiger partial charge in [-0.3, -0.25) is 19.8 Å². The summed E-state index contributed by atoms with van der Waals surface area (Å²) in [4.78, 5) is 48.6. The molecule has 1 amide bonds. The molecular formula is C23H24N2O8S. The number of hydrogen-bond donors (Lipinski definition) is 0. The number of non-ortho nitro benzene ring substituents is 1. The highest BCUT2D eigenvalue weighted by Crippen LogP contribution is 2.30. The van der Waals surface area contributed by atoms with Gasteiger partial charge in [-0.1, -0.05) is 23.9 Å². The van der Waals surface area contributed by atoms with Crippen LogP contribution in [0.15, 0.2) is 48.5 Å². The van der Waals surface area contributed by atoms with Gasteiger partial charge in [0.05, 0.1) is 12.0 Å². The lowest BCUT2D eigenvalue weighted by Gasteiger charge is -2.22. The molecule has 0 aromatic heterocycles. The van der Waals surface area contributed by atoms with Gasteiger partial charge in [0.15, 0.2) is 5.12 Å². The predicted molar refractivity (Wildman–Crippen MR) is 123 cm³/mol. The molecule has 1 unspecified atom stereocenters. The van der Waals surface area contributed by atoms with Crippen molar-refractivity contribution in [1.29, 1.82) is 0 Å². The number of hydrogen-bond acceptors (Lipinski definition) is 9. The Morgan fingerprint density at radius 2 is 1.62 bits per heavy atom. The summed E-state index contributed by atoms with van der Waals surface area (Å²) < 4.78 is 15.9. The van der Waals surface area contributed by atoms with Gasteiger partial charge in [-0.05, 0) is 41.8 Å². The van der Waals surface area contributed by atoms with Crippen molar-refractivity contribution in [3.05, 3.63) is 69.8 Å². The van der Waals surface area contributed by atoms with Gasteiger partial charge in [0, 0.05) is 30.9 Å². The van der Waals surface area contributed by atoms with E-state index in [0.717, 1.165) is 17.3 Å². The van der Waals surface area contributed by atoms with Crippen LogP contribution in [0, 0.1) is 10.1 Å². The third-order valence-electron chi connectivity index (χ3n) is 5.15. The van der Waals surface area contributed by atoms with Crippen LogP contribution in [0.25, 0.3) is 0 Å². The van der Waals surface area contributed by atoms with Crippen LogP contribution in [0.1, 0.15) is 24.5 Å². The molecule has 1 heterocycles. The average molecular weight is 489 g/mol. The van der Waals surface area contributed by atoms with Crippen molar-refractivity contribution >= 4 is 34.6 Å². The number of likely N-dealkylation sites (tertiary alicyclic amines) is 1. The van der Waals surface area contributed by atoms with E-state index in [0.29, 0.717) is 11.3 Å². The van der Waals surface area contributed by atoms with E-state index in [1.165, 1.54) is 36.1 Å². The van der Waals surface area contributed by atoms with Crippen molar-refractivity contribution in [1.82, 2.24) is 4.90 Å². The maximum atomic E-state index is 12.8. The van der Waals surface area contributed by atoms with Crippen molar-refractivity contribution in [2.75, 3.05) is 13.7 Å². The number of carbonyl (C=O) groups is 3. The highest BCUT2D eigenvalue weighted by atomic mass is 32.2. The normalized spacial score (nSPS) is 17.2. The van der Waals surface area contributed by atoms with E-state index in [2.05, 4.69) is 0 Å². The van der Waals surface area contributed by atoms with Crippen molar-refractivity contribution in [3.8, 4) is 5.75 Å². The topological polar surface area (TPSA) is 125 Å². The zero-order chi connectivity index (χ0) is 24.7. The lowest BCUT2D eigenvalue weighted by molar-refractivity contribution is -0.384. The van der Waals surface area contributed by atoms with Crippen LogP contribution in [0.5, 0.6) is 5.75 Å². The summed E-state index contributed by atoms with van der Waals surface area (Å²) in [6, 6.07) is 11.8. The summed E-state index contributed by atoms with van der Waals surface area (Å²) in [7, 11) is 1.56. The summed E-state index contributed by atoms with van der Waals surface area (Å²) in [5.41, 5.74) is 1.25. The number of ether oxygens (including phenoxy) is 3. The molecule has 1 aliphatic rings. The first-order valence-corrected chi connectivity index (χ1v) is 11.3. The quantitative estimate of drug-likeness (QED) is 0.310. The Morgan fingerprint density at radius 1 is 1.03 bits per heavy atom. The molecule has 2 atom stereocenters. The van der Waals surface area contributed by atoms with Gasteiger partial charge >= 0.3 is 12.1 Å². The van der Waals surface area contributed by atoms with Crippen LogP contribution >= 0.6 is 11.8 Å². The molecule has 10 nitrogen and oxygen atoms in total. The molecule has 0 bridgehead atoms. The van der Waals surface area contributed by atoms with Crippen LogP contribution in [-0.4, -0.2) is 51.9 Å². The fraction of sp³-hybridized carbons (Fsp3) is 0.348. The zero-order valence-corrected chi connectivity index (χ0v) is 19.5. The number of nitro groups is 1. The molecule has 11 heteroatoms. The number of methoxy groups -OCH3 is 1. The monoisotopic (exact) mass is 488 g/mol. The second-order valence-corrected chi connectivity index (χ2v) is 9.05. The summed E-state index contributed by atoms with van der Waals surface area (Å²) >= 11 is 1.07. The fourth-order valence-electron chi connectivity index (χ4n) is 3.46. The largest absolute Gasteiger partial charge is 0.497 e. The molecule has 3 rings (SSSR count). The van der Waals surface area contributed by atoms with Crippen molar-refractivity contribution in [3.63, 3.8) is 0 Å². The van der Waals surface area contributed by atoms with Crippen LogP contribution < -0.4 is 4.74 Å². The second kappa shape index (κ2) is 11.5. The highest BCUT2D eigenvalue weighted by Gasteiger charge is 2.42. The Bertz CT molecular complexity index is 1040. The van der Waals surface area contributed by atoms with E-state index in [1.54, 1.807) is 31.4 Å². The minimum atomic E-state index is -0.889. The Labute approximate surface area is 200 Å². The minimum absolute atomic E-state index is 0.0233. The van der Waals surface area contributed by atoms with Crippen LogP contribution in [0.3, 0.4) is 0 Å². The van der Waals surface area contributed by atoms with Crippen molar-refractivity contribution < 1.29 is 33.5 Å². The number of amides is 1. The van der Waals surface area contributed by atoms with Gasteiger partial charge in [0.2, 0.25) is 0 Å². The number of rotatable bonds is 8. The molecule has 0 N–H and O–H groups in total. The SMILES string of the molecule is COc1ccc(COC(=O)[C@@H]2CC(SC(C)=O)CN2C(=O)OCc2ccc([N+](=O)[O-])cc2)cc1. The van der Waals surface area contributed by atoms with E-state index in [1.807, 2.05) is 0 Å². The zero-order valence-electron chi connectivity index (χ0n) is 18.7. The average Bonchev–Trinajstić information content (AvgIpc) is 3.24. The first-order chi connectivity index (χ1) is 16.3. The summed E-state index contributed by atoms with van der Waals surface area (Å²) in [5, 5.41) is 10.4. The van der Waals surface area contributed by atoms with E-state index in [4.69, 9.17) is 14.2 Å². The number of thioether (sulfide) groups is 1. The van der Waals surface area contributed by atoms with Gasteiger partial charge < -0.3 is 14.2 Å². The van der Waals surface area contributed by atoms with Gasteiger partial charge in [-0.15, -0.1) is 0 Å². The molecular weight excluding hydrogens is 464 g/mol. The van der Waals surface area contributed by atoms with Crippen molar-refractivity contribution in [2.45, 2.75) is 37.9 Å². The number of benzene rings is 2. The first kappa shape index (κ1) is 25.0. The molecule has 2 aromatic rings. The predicted octanol–water partition coefficient (Wildman–Crippen LogP) is 3.71. The Hall–Kier alpha value is -3.60. The van der Waals surface area contributed by atoms with Crippen LogP contribution in [0.2, 0.25) is 0 Å². The number of carbonyl (C=O) groups excluding carboxylic acids is 3. The Morgan fingerprint density at radius 3 is 2.18 bits per heavy atom. The first-order valence-electron chi connectivity index (χ1n) is 10.4. The number of nitrogens with zero attached hydrogens (tertiary/aromatic N) is 2. The van der Waals surface area contributed by atoms with E-state index < -0.39 is 23.0 Å². The van der Waals surface area contributed by atoms with Gasteiger partial charge in [0.1, 0.15) is 25.0 Å². The number of esters is 1. The molecule has 0 radical (unpaired) electrons. The standard InChI is InChI=1S/C23H24N2O8S/c1-15(26)34-20-11-21(22(27)32-13-17-5-9-19(31-2)10-6-17)24(12-20)23(28)33-14-16-3-7-18(8-4-16)25(29)30/h3-10,20-21H,11-14H2,1-2H3/t20?,21-/m0/s1. The van der Waals surface area contributed by atoms with Crippen molar-refractivity contribution in [2.24, 2.45) is 0 Å². The maximum absolute atomic E-state index is 12.8. The molecule has 34 heavy (non-hydrogen) atoms. The van der Waals surface area contributed by atoms with E-state index in [9.17, 15) is 24.5 Å². The third-order valence-corrected chi connectivity index (χ3v) is 6.16. The lowest BCUT2D eigenvalue weighted by Crippen LogP contribution is -2.41. The maximum Gasteiger partial charge on any atom is 0.410 e. The second-order valence-electron chi connectivity index (χ2n) is 7.57. The highest BCUT2D eigenvalue weighted by molar-refractivity contribution is 8.14. The van der Waals surface area contributed by atoms with Crippen LogP contribution in [-0.2, 0) is 32.3 Å². The van der Waals surface area contributed by atoms with Gasteiger partial charge in [-0.2, -0.15) is 0 Å². The Kier molecular flexibility index (Phi) is 8.47. The number of nitro benzene ring substituents is 1.